The molecule has 2 aromatic carbocycles. The Bertz CT molecular complexity index is 1010. The summed E-state index contributed by atoms with van der Waals surface area (Å²) in [6.07, 6.45) is 0.409. The quantitative estimate of drug-likeness (QED) is 0.480. The van der Waals surface area contributed by atoms with E-state index in [1.165, 1.54) is 17.0 Å². The van der Waals surface area contributed by atoms with Gasteiger partial charge in [-0.2, -0.15) is 0 Å². The van der Waals surface area contributed by atoms with Gasteiger partial charge < -0.3 is 14.8 Å². The number of carbonyl (C=O) groups is 2. The lowest BCUT2D eigenvalue weighted by atomic mass is 9.90. The number of hydrogen-bond acceptors (Lipinski definition) is 6. The number of nitrogens with one attached hydrogen (secondary N) is 1. The van der Waals surface area contributed by atoms with Gasteiger partial charge in [-0.1, -0.05) is 0 Å². The van der Waals surface area contributed by atoms with Gasteiger partial charge in [0.1, 0.15) is 5.75 Å². The minimum atomic E-state index is -0.985. The summed E-state index contributed by atoms with van der Waals surface area (Å²) >= 11 is 0. The van der Waals surface area contributed by atoms with Gasteiger partial charge in [0, 0.05) is 29.8 Å². The van der Waals surface area contributed by atoms with E-state index in [0.717, 1.165) is 0 Å². The first-order chi connectivity index (χ1) is 13.8. The van der Waals surface area contributed by atoms with Gasteiger partial charge in [0.15, 0.2) is 5.72 Å². The van der Waals surface area contributed by atoms with Crippen LogP contribution in [0.3, 0.4) is 0 Å². The highest BCUT2D eigenvalue weighted by Gasteiger charge is 2.50. The van der Waals surface area contributed by atoms with E-state index in [4.69, 9.17) is 9.47 Å². The molecule has 9 nitrogen and oxygen atoms in total. The van der Waals surface area contributed by atoms with Crippen molar-refractivity contribution in [3.05, 3.63) is 63.7 Å². The van der Waals surface area contributed by atoms with E-state index < -0.39 is 22.7 Å². The van der Waals surface area contributed by atoms with Crippen LogP contribution in [-0.2, 0) is 4.74 Å². The van der Waals surface area contributed by atoms with Crippen molar-refractivity contribution in [1.29, 1.82) is 0 Å². The molecule has 0 unspecified atom stereocenters. The van der Waals surface area contributed by atoms with Crippen LogP contribution in [0.5, 0.6) is 5.75 Å². The molecule has 0 aromatic heterocycles. The molecule has 1 saturated heterocycles. The zero-order valence-electron chi connectivity index (χ0n) is 15.9. The molecule has 0 spiro atoms. The van der Waals surface area contributed by atoms with Gasteiger partial charge in [-0.15, -0.1) is 0 Å². The molecule has 2 aliphatic rings. The summed E-state index contributed by atoms with van der Waals surface area (Å²) in [6, 6.07) is 10.1. The van der Waals surface area contributed by atoms with Crippen LogP contribution in [0.1, 0.15) is 42.2 Å². The normalized spacial score (nSPS) is 22.2. The lowest BCUT2D eigenvalue weighted by molar-refractivity contribution is -0.385. The van der Waals surface area contributed by atoms with Crippen LogP contribution in [-0.4, -0.2) is 29.3 Å². The summed E-state index contributed by atoms with van der Waals surface area (Å²) in [5, 5.41) is 14.0. The number of nitro benzene ring substituents is 1. The number of esters is 1. The first kappa shape index (κ1) is 18.7. The number of carbonyl (C=O) groups excluding carboxylic acids is 2. The maximum absolute atomic E-state index is 12.9. The molecule has 2 atom stereocenters. The highest BCUT2D eigenvalue weighted by atomic mass is 16.6. The molecular formula is C20H19N3O6. The number of non-ortho nitro benzene ring substituents is 1. The molecule has 0 radical (unpaired) electrons. The van der Waals surface area contributed by atoms with Crippen molar-refractivity contribution in [3.8, 4) is 5.75 Å². The predicted octanol–water partition coefficient (Wildman–Crippen LogP) is 3.54. The molecule has 2 heterocycles. The molecule has 2 aliphatic heterocycles. The molecule has 150 valence electrons. The van der Waals surface area contributed by atoms with Gasteiger partial charge in [-0.25, -0.2) is 9.59 Å². The van der Waals surface area contributed by atoms with Crippen LogP contribution in [0.25, 0.3) is 0 Å². The molecule has 0 saturated carbocycles. The Labute approximate surface area is 166 Å². The molecule has 1 N–H and O–H groups in total. The summed E-state index contributed by atoms with van der Waals surface area (Å²) in [5.41, 5.74) is 0.492. The number of hydrogen-bond donors (Lipinski definition) is 1. The van der Waals surface area contributed by atoms with E-state index in [1.54, 1.807) is 44.2 Å². The monoisotopic (exact) mass is 397 g/mol. The van der Waals surface area contributed by atoms with E-state index in [9.17, 15) is 19.7 Å². The molecule has 2 amide bonds. The van der Waals surface area contributed by atoms with Crippen molar-refractivity contribution >= 4 is 23.4 Å². The fourth-order valence-corrected chi connectivity index (χ4v) is 3.83. The maximum atomic E-state index is 12.9. The Morgan fingerprint density at radius 1 is 1.34 bits per heavy atom. The van der Waals surface area contributed by atoms with Gasteiger partial charge in [0.25, 0.3) is 5.69 Å². The predicted molar refractivity (Wildman–Crippen MR) is 103 cm³/mol. The number of ether oxygens (including phenoxy) is 2. The first-order valence-corrected chi connectivity index (χ1v) is 9.17. The van der Waals surface area contributed by atoms with Crippen molar-refractivity contribution in [2.75, 3.05) is 11.5 Å². The van der Waals surface area contributed by atoms with Crippen LogP contribution < -0.4 is 15.0 Å². The number of rotatable bonds is 4. The third kappa shape index (κ3) is 3.14. The van der Waals surface area contributed by atoms with Crippen molar-refractivity contribution in [2.24, 2.45) is 0 Å². The van der Waals surface area contributed by atoms with E-state index in [2.05, 4.69) is 5.32 Å². The Morgan fingerprint density at radius 2 is 2.07 bits per heavy atom. The number of nitrogens with zero attached hydrogens (tertiary/aromatic N) is 2. The minimum absolute atomic E-state index is 0.0535. The van der Waals surface area contributed by atoms with Crippen LogP contribution in [0.4, 0.5) is 16.2 Å². The number of fused-ring (bicyclic) bond motifs is 4. The molecule has 9 heteroatoms. The highest BCUT2D eigenvalue weighted by Crippen LogP contribution is 2.46. The lowest BCUT2D eigenvalue weighted by Gasteiger charge is -2.50. The number of amides is 2. The van der Waals surface area contributed by atoms with Gasteiger partial charge in [0.2, 0.25) is 0 Å². The Kier molecular flexibility index (Phi) is 4.37. The Balaban J connectivity index is 1.67. The largest absolute Gasteiger partial charge is 0.467 e. The van der Waals surface area contributed by atoms with Crippen LogP contribution >= 0.6 is 0 Å². The first-order valence-electron chi connectivity index (χ1n) is 9.17. The summed E-state index contributed by atoms with van der Waals surface area (Å²) in [6.45, 7) is 3.80. The number of benzene rings is 2. The van der Waals surface area contributed by atoms with Crippen LogP contribution in [0.15, 0.2) is 42.5 Å². The SMILES string of the molecule is CCOC(=O)c1ccc(N2C(=O)N[C@@H]3C[C@]2(C)Oc2ccc([N+](=O)[O-])cc23)cc1. The summed E-state index contributed by atoms with van der Waals surface area (Å²) in [4.78, 5) is 36.8. The number of urea groups is 1. The third-order valence-electron chi connectivity index (χ3n) is 5.10. The van der Waals surface area contributed by atoms with Gasteiger partial charge in [-0.05, 0) is 44.2 Å². The van der Waals surface area contributed by atoms with Crippen LogP contribution in [0.2, 0.25) is 0 Å². The van der Waals surface area contributed by atoms with Gasteiger partial charge in [0.05, 0.1) is 23.1 Å². The van der Waals surface area contributed by atoms with Crippen molar-refractivity contribution < 1.29 is 24.0 Å². The molecule has 4 rings (SSSR count). The smallest absolute Gasteiger partial charge is 0.338 e. The molecular weight excluding hydrogens is 378 g/mol. The summed E-state index contributed by atoms with van der Waals surface area (Å²) < 4.78 is 11.1. The highest BCUT2D eigenvalue weighted by molar-refractivity contribution is 5.96. The topological polar surface area (TPSA) is 111 Å². The zero-order chi connectivity index (χ0) is 20.8. The fourth-order valence-electron chi connectivity index (χ4n) is 3.83. The zero-order valence-corrected chi connectivity index (χ0v) is 15.9. The average molecular weight is 397 g/mol. The van der Waals surface area contributed by atoms with Gasteiger partial charge in [-0.3, -0.25) is 15.0 Å². The molecule has 29 heavy (non-hydrogen) atoms. The minimum Gasteiger partial charge on any atom is -0.467 e. The lowest BCUT2D eigenvalue weighted by Crippen LogP contribution is -2.65. The number of nitro groups is 1. The van der Waals surface area contributed by atoms with Gasteiger partial charge >= 0.3 is 12.0 Å². The maximum Gasteiger partial charge on any atom is 0.338 e. The molecule has 0 aliphatic carbocycles. The second-order valence-corrected chi connectivity index (χ2v) is 7.07. The van der Waals surface area contributed by atoms with E-state index >= 15 is 0 Å². The second kappa shape index (κ2) is 6.77. The van der Waals surface area contributed by atoms with Crippen molar-refractivity contribution in [3.63, 3.8) is 0 Å². The third-order valence-corrected chi connectivity index (χ3v) is 5.10. The Morgan fingerprint density at radius 3 is 2.72 bits per heavy atom. The van der Waals surface area contributed by atoms with E-state index in [1.807, 2.05) is 0 Å². The molecule has 2 bridgehead atoms. The fraction of sp³-hybridized carbons (Fsp3) is 0.300. The molecule has 2 aromatic rings. The van der Waals surface area contributed by atoms with Crippen molar-refractivity contribution in [2.45, 2.75) is 32.0 Å². The van der Waals surface area contributed by atoms with E-state index in [-0.39, 0.29) is 18.3 Å². The second-order valence-electron chi connectivity index (χ2n) is 7.07. The summed E-state index contributed by atoms with van der Waals surface area (Å²) in [7, 11) is 0. The summed E-state index contributed by atoms with van der Waals surface area (Å²) in [5.74, 6) is 0.0559. The number of anilines is 1. The Hall–Kier alpha value is -3.62. The average Bonchev–Trinajstić information content (AvgIpc) is 2.67. The standard InChI is InChI=1S/C20H19N3O6/c1-3-28-18(24)12-4-6-13(7-5-12)22-19(25)21-16-11-20(22,2)29-17-9-8-14(23(26)27)10-15(16)17/h4-10,16H,3,11H2,1-2H3,(H,21,25)/t16-,20+/m1/s1. The van der Waals surface area contributed by atoms with Crippen LogP contribution in [0, 0.1) is 10.1 Å². The van der Waals surface area contributed by atoms with Crippen molar-refractivity contribution in [1.82, 2.24) is 5.32 Å². The van der Waals surface area contributed by atoms with E-state index in [0.29, 0.717) is 29.0 Å². The molecule has 1 fully saturated rings.